The van der Waals surface area contributed by atoms with Crippen molar-refractivity contribution in [1.82, 2.24) is 0 Å². The Morgan fingerprint density at radius 2 is 1.68 bits per heavy atom. The van der Waals surface area contributed by atoms with Crippen LogP contribution in [0, 0.1) is 11.6 Å². The minimum absolute atomic E-state index is 0.0269. The summed E-state index contributed by atoms with van der Waals surface area (Å²) in [4.78, 5) is 12.1. The second-order valence-electron chi connectivity index (χ2n) is 3.93. The van der Waals surface area contributed by atoms with E-state index in [9.17, 15) is 13.6 Å². The molecule has 2 aromatic rings. The lowest BCUT2D eigenvalue weighted by atomic mass is 10.0. The van der Waals surface area contributed by atoms with Gasteiger partial charge in [-0.3, -0.25) is 4.79 Å². The van der Waals surface area contributed by atoms with E-state index >= 15 is 0 Å². The van der Waals surface area contributed by atoms with Crippen molar-refractivity contribution in [3.63, 3.8) is 0 Å². The average molecular weight is 301 g/mol. The molecule has 0 heterocycles. The normalized spacial score (nSPS) is 10.5. The van der Waals surface area contributed by atoms with Gasteiger partial charge in [0.25, 0.3) is 0 Å². The molecule has 0 fully saturated rings. The summed E-state index contributed by atoms with van der Waals surface area (Å²) in [5.74, 6) is -1.70. The minimum atomic E-state index is -0.641. The van der Waals surface area contributed by atoms with Crippen molar-refractivity contribution in [2.24, 2.45) is 0 Å². The predicted molar refractivity (Wildman–Crippen MR) is 70.9 cm³/mol. The summed E-state index contributed by atoms with van der Waals surface area (Å²) in [6.07, 6.45) is -0.299. The monoisotopic (exact) mass is 300 g/mol. The van der Waals surface area contributed by atoms with Gasteiger partial charge in [-0.1, -0.05) is 29.3 Å². The van der Waals surface area contributed by atoms with E-state index in [2.05, 4.69) is 0 Å². The quantitative estimate of drug-likeness (QED) is 0.751. The number of carbonyl (C=O) groups is 1. The highest BCUT2D eigenvalue weighted by Gasteiger charge is 2.17. The summed E-state index contributed by atoms with van der Waals surface area (Å²) in [5.41, 5.74) is 0.0930. The first-order chi connectivity index (χ1) is 8.99. The summed E-state index contributed by atoms with van der Waals surface area (Å²) in [5, 5.41) is 0.378. The van der Waals surface area contributed by atoms with E-state index < -0.39 is 17.4 Å². The number of Topliss-reactive ketones (excluding diaryl/α,β-unsaturated/α-hetero) is 1. The topological polar surface area (TPSA) is 17.1 Å². The highest BCUT2D eigenvalue weighted by atomic mass is 35.5. The molecule has 0 spiro atoms. The van der Waals surface area contributed by atoms with Crippen LogP contribution in [0.1, 0.15) is 15.9 Å². The van der Waals surface area contributed by atoms with Crippen LogP contribution in [0.4, 0.5) is 8.78 Å². The SMILES string of the molecule is O=C(Cc1cc(F)ccc1F)c1c(Cl)cccc1Cl. The molecule has 1 nitrogen and oxygen atoms in total. The zero-order valence-electron chi connectivity index (χ0n) is 9.59. The van der Waals surface area contributed by atoms with E-state index in [1.807, 2.05) is 0 Å². The molecule has 5 heteroatoms. The molecule has 2 rings (SSSR count). The molecule has 0 N–H and O–H groups in total. The van der Waals surface area contributed by atoms with Gasteiger partial charge in [-0.05, 0) is 35.9 Å². The van der Waals surface area contributed by atoms with E-state index in [0.717, 1.165) is 18.2 Å². The summed E-state index contributed by atoms with van der Waals surface area (Å²) >= 11 is 11.8. The van der Waals surface area contributed by atoms with Crippen molar-refractivity contribution < 1.29 is 13.6 Å². The third-order valence-corrected chi connectivity index (χ3v) is 3.23. The minimum Gasteiger partial charge on any atom is -0.294 e. The smallest absolute Gasteiger partial charge is 0.170 e. The molecule has 2 aromatic carbocycles. The Labute approximate surface area is 118 Å². The molecule has 19 heavy (non-hydrogen) atoms. The van der Waals surface area contributed by atoms with Gasteiger partial charge >= 0.3 is 0 Å². The summed E-state index contributed by atoms with van der Waals surface area (Å²) in [6, 6.07) is 7.59. The molecule has 0 saturated heterocycles. The largest absolute Gasteiger partial charge is 0.294 e. The standard InChI is InChI=1S/C14H8Cl2F2O/c15-10-2-1-3-11(16)14(10)13(19)7-8-6-9(17)4-5-12(8)18/h1-6H,7H2. The van der Waals surface area contributed by atoms with Crippen LogP contribution in [0.5, 0.6) is 0 Å². The lowest BCUT2D eigenvalue weighted by Gasteiger charge is -2.07. The molecule has 0 radical (unpaired) electrons. The zero-order valence-corrected chi connectivity index (χ0v) is 11.1. The van der Waals surface area contributed by atoms with Crippen LogP contribution >= 0.6 is 23.2 Å². The first kappa shape index (κ1) is 14.0. The Bertz CT molecular complexity index is 621. The highest BCUT2D eigenvalue weighted by molar-refractivity contribution is 6.39. The third-order valence-electron chi connectivity index (χ3n) is 2.60. The number of halogens is 4. The number of carbonyl (C=O) groups excluding carboxylic acids is 1. The second-order valence-corrected chi connectivity index (χ2v) is 4.75. The molecule has 0 aromatic heterocycles. The molecule has 0 bridgehead atoms. The Hall–Kier alpha value is -1.45. The molecule has 0 aliphatic heterocycles. The van der Waals surface area contributed by atoms with E-state index in [4.69, 9.17) is 23.2 Å². The Balaban J connectivity index is 2.34. The van der Waals surface area contributed by atoms with Crippen LogP contribution in [0.2, 0.25) is 10.0 Å². The molecule has 0 amide bonds. The van der Waals surface area contributed by atoms with Gasteiger partial charge in [0.1, 0.15) is 11.6 Å². The molecule has 98 valence electrons. The van der Waals surface area contributed by atoms with Gasteiger partial charge in [-0.15, -0.1) is 0 Å². The summed E-state index contributed by atoms with van der Waals surface area (Å²) in [7, 11) is 0. The van der Waals surface area contributed by atoms with Gasteiger partial charge < -0.3 is 0 Å². The van der Waals surface area contributed by atoms with Crippen molar-refractivity contribution >= 4 is 29.0 Å². The van der Waals surface area contributed by atoms with Gasteiger partial charge in [0, 0.05) is 6.42 Å². The molecule has 0 aliphatic carbocycles. The highest BCUT2D eigenvalue weighted by Crippen LogP contribution is 2.26. The predicted octanol–water partition coefficient (Wildman–Crippen LogP) is 4.70. The number of benzene rings is 2. The van der Waals surface area contributed by atoms with Crippen LogP contribution in [0.25, 0.3) is 0 Å². The summed E-state index contributed by atoms with van der Waals surface area (Å²) in [6.45, 7) is 0. The first-order valence-electron chi connectivity index (χ1n) is 5.40. The fourth-order valence-corrected chi connectivity index (χ4v) is 2.31. The number of hydrogen-bond acceptors (Lipinski definition) is 1. The fraction of sp³-hybridized carbons (Fsp3) is 0.0714. The number of ketones is 1. The van der Waals surface area contributed by atoms with Crippen LogP contribution in [0.15, 0.2) is 36.4 Å². The third kappa shape index (κ3) is 3.11. The Morgan fingerprint density at radius 1 is 1.05 bits per heavy atom. The van der Waals surface area contributed by atoms with Crippen molar-refractivity contribution in [2.75, 3.05) is 0 Å². The van der Waals surface area contributed by atoms with Gasteiger partial charge in [-0.25, -0.2) is 8.78 Å². The van der Waals surface area contributed by atoms with Crippen LogP contribution in [0.3, 0.4) is 0 Å². The van der Waals surface area contributed by atoms with Gasteiger partial charge in [0.05, 0.1) is 15.6 Å². The van der Waals surface area contributed by atoms with Crippen molar-refractivity contribution in [1.29, 1.82) is 0 Å². The lowest BCUT2D eigenvalue weighted by Crippen LogP contribution is -2.07. The lowest BCUT2D eigenvalue weighted by molar-refractivity contribution is 0.0992. The molecule has 0 unspecified atom stereocenters. The van der Waals surface area contributed by atoms with Crippen molar-refractivity contribution in [3.8, 4) is 0 Å². The van der Waals surface area contributed by atoms with Crippen LogP contribution < -0.4 is 0 Å². The molecular weight excluding hydrogens is 293 g/mol. The van der Waals surface area contributed by atoms with Crippen molar-refractivity contribution in [2.45, 2.75) is 6.42 Å². The van der Waals surface area contributed by atoms with Crippen molar-refractivity contribution in [3.05, 3.63) is 69.2 Å². The summed E-state index contributed by atoms with van der Waals surface area (Å²) < 4.78 is 26.5. The molecule has 0 atom stereocenters. The van der Waals surface area contributed by atoms with E-state index in [-0.39, 0.29) is 27.6 Å². The maximum Gasteiger partial charge on any atom is 0.170 e. The number of hydrogen-bond donors (Lipinski definition) is 0. The zero-order chi connectivity index (χ0) is 14.0. The molecule has 0 aliphatic rings. The average Bonchev–Trinajstić information content (AvgIpc) is 2.33. The fourth-order valence-electron chi connectivity index (χ4n) is 1.70. The second kappa shape index (κ2) is 5.68. The first-order valence-corrected chi connectivity index (χ1v) is 6.16. The Morgan fingerprint density at radius 3 is 2.32 bits per heavy atom. The van der Waals surface area contributed by atoms with Gasteiger partial charge in [0.15, 0.2) is 5.78 Å². The van der Waals surface area contributed by atoms with E-state index in [1.54, 1.807) is 6.07 Å². The van der Waals surface area contributed by atoms with Crippen LogP contribution in [-0.4, -0.2) is 5.78 Å². The number of rotatable bonds is 3. The van der Waals surface area contributed by atoms with Crippen LogP contribution in [-0.2, 0) is 6.42 Å². The maximum absolute atomic E-state index is 13.5. The Kier molecular flexibility index (Phi) is 4.17. The van der Waals surface area contributed by atoms with Gasteiger partial charge in [0.2, 0.25) is 0 Å². The van der Waals surface area contributed by atoms with E-state index in [0.29, 0.717) is 0 Å². The van der Waals surface area contributed by atoms with Gasteiger partial charge in [-0.2, -0.15) is 0 Å². The molecule has 0 saturated carbocycles. The van der Waals surface area contributed by atoms with E-state index in [1.165, 1.54) is 12.1 Å². The molecular formula is C14H8Cl2F2O. The maximum atomic E-state index is 13.5.